The minimum Gasteiger partial charge on any atom is -0.358 e. The quantitative estimate of drug-likeness (QED) is 0.608. The van der Waals surface area contributed by atoms with E-state index in [1.807, 2.05) is 0 Å². The molecule has 0 aliphatic heterocycles. The number of fused-ring (bicyclic) bond motifs is 3. The van der Waals surface area contributed by atoms with Crippen molar-refractivity contribution in [2.24, 2.45) is 0 Å². The van der Waals surface area contributed by atoms with Crippen molar-refractivity contribution >= 4 is 34.2 Å². The van der Waals surface area contributed by atoms with Gasteiger partial charge in [0.25, 0.3) is 0 Å². The fraction of sp³-hybridized carbons (Fsp3) is 0.250. The summed E-state index contributed by atoms with van der Waals surface area (Å²) in [6.07, 6.45) is 4.80. The monoisotopic (exact) mass is 353 g/mol. The number of carbonyl (C=O) groups excluding carboxylic acids is 1. The normalized spacial score (nSPS) is 13.5. The lowest BCUT2D eigenvalue weighted by molar-refractivity contribution is 0.251. The minimum atomic E-state index is -0.224. The second-order valence-electron chi connectivity index (χ2n) is 6.48. The summed E-state index contributed by atoms with van der Waals surface area (Å²) in [5.41, 5.74) is 5.85. The van der Waals surface area contributed by atoms with Gasteiger partial charge >= 0.3 is 6.03 Å². The Kier molecular flexibility index (Phi) is 4.36. The Morgan fingerprint density at radius 3 is 2.72 bits per heavy atom. The van der Waals surface area contributed by atoms with Gasteiger partial charge in [-0.3, -0.25) is 0 Å². The molecule has 0 spiro atoms. The molecule has 1 aromatic heterocycles. The van der Waals surface area contributed by atoms with E-state index < -0.39 is 0 Å². The zero-order valence-corrected chi connectivity index (χ0v) is 14.6. The standard InChI is InChI=1S/C20H20ClN3O/c21-14-6-8-15(9-7-14)23-20(25)22-12-13-5-10-19-17(11-13)16-3-1-2-4-18(16)24-19/h5-11,24H,1-4,12H2,(H2,22,23,25). The molecular formula is C20H20ClN3O. The lowest BCUT2D eigenvalue weighted by Crippen LogP contribution is -2.28. The maximum absolute atomic E-state index is 12.1. The molecule has 0 fully saturated rings. The number of aromatic nitrogens is 1. The molecule has 0 atom stereocenters. The molecule has 3 N–H and O–H groups in total. The Morgan fingerprint density at radius 1 is 1.08 bits per heavy atom. The third kappa shape index (κ3) is 3.49. The Balaban J connectivity index is 1.43. The van der Waals surface area contributed by atoms with Crippen molar-refractivity contribution in [1.29, 1.82) is 0 Å². The summed E-state index contributed by atoms with van der Waals surface area (Å²) in [6.45, 7) is 0.495. The first-order valence-corrected chi connectivity index (χ1v) is 8.99. The summed E-state index contributed by atoms with van der Waals surface area (Å²) in [7, 11) is 0. The average Bonchev–Trinajstić information content (AvgIpc) is 3.00. The number of anilines is 1. The molecule has 25 heavy (non-hydrogen) atoms. The van der Waals surface area contributed by atoms with E-state index in [0.717, 1.165) is 24.1 Å². The van der Waals surface area contributed by atoms with Gasteiger partial charge in [0.2, 0.25) is 0 Å². The van der Waals surface area contributed by atoms with E-state index in [9.17, 15) is 4.79 Å². The molecule has 3 aromatic rings. The first kappa shape index (κ1) is 16.0. The summed E-state index contributed by atoms with van der Waals surface area (Å²) < 4.78 is 0. The molecule has 128 valence electrons. The molecule has 0 radical (unpaired) electrons. The number of H-pyrrole nitrogens is 1. The van der Waals surface area contributed by atoms with Crippen LogP contribution in [0.4, 0.5) is 10.5 Å². The largest absolute Gasteiger partial charge is 0.358 e. The first-order valence-electron chi connectivity index (χ1n) is 8.62. The second-order valence-corrected chi connectivity index (χ2v) is 6.92. The van der Waals surface area contributed by atoms with Gasteiger partial charge < -0.3 is 15.6 Å². The lowest BCUT2D eigenvalue weighted by atomic mass is 9.95. The topological polar surface area (TPSA) is 56.9 Å². The fourth-order valence-electron chi connectivity index (χ4n) is 3.45. The van der Waals surface area contributed by atoms with Crippen molar-refractivity contribution < 1.29 is 4.79 Å². The Morgan fingerprint density at radius 2 is 1.88 bits per heavy atom. The van der Waals surface area contributed by atoms with Crippen LogP contribution in [0.5, 0.6) is 0 Å². The summed E-state index contributed by atoms with van der Waals surface area (Å²) in [6, 6.07) is 13.2. The minimum absolute atomic E-state index is 0.224. The van der Waals surface area contributed by atoms with E-state index in [-0.39, 0.29) is 6.03 Å². The molecule has 1 aliphatic carbocycles. The highest BCUT2D eigenvalue weighted by molar-refractivity contribution is 6.30. The first-order chi connectivity index (χ1) is 12.2. The van der Waals surface area contributed by atoms with Crippen LogP contribution in [0.1, 0.15) is 29.7 Å². The van der Waals surface area contributed by atoms with E-state index in [1.54, 1.807) is 24.3 Å². The summed E-state index contributed by atoms with van der Waals surface area (Å²) in [5, 5.41) is 7.66. The lowest BCUT2D eigenvalue weighted by Gasteiger charge is -2.11. The van der Waals surface area contributed by atoms with Gasteiger partial charge in [0, 0.05) is 33.9 Å². The van der Waals surface area contributed by atoms with Gasteiger partial charge in [-0.05, 0) is 73.2 Å². The molecule has 0 unspecified atom stereocenters. The molecule has 4 rings (SSSR count). The van der Waals surface area contributed by atoms with Crippen LogP contribution in [0.25, 0.3) is 10.9 Å². The summed E-state index contributed by atoms with van der Waals surface area (Å²) in [4.78, 5) is 15.6. The molecule has 2 amide bonds. The third-order valence-corrected chi connectivity index (χ3v) is 4.97. The fourth-order valence-corrected chi connectivity index (χ4v) is 3.58. The summed E-state index contributed by atoms with van der Waals surface area (Å²) in [5.74, 6) is 0. The molecule has 1 heterocycles. The van der Waals surface area contributed by atoms with E-state index in [0.29, 0.717) is 11.6 Å². The number of hydrogen-bond donors (Lipinski definition) is 3. The molecule has 0 saturated carbocycles. The Labute approximate surface area is 151 Å². The van der Waals surface area contributed by atoms with Crippen LogP contribution < -0.4 is 10.6 Å². The van der Waals surface area contributed by atoms with E-state index >= 15 is 0 Å². The van der Waals surface area contributed by atoms with Crippen LogP contribution in [0.3, 0.4) is 0 Å². The number of amides is 2. The average molecular weight is 354 g/mol. The zero-order chi connectivity index (χ0) is 17.2. The van der Waals surface area contributed by atoms with Crippen LogP contribution in [0.15, 0.2) is 42.5 Å². The van der Waals surface area contributed by atoms with Crippen molar-refractivity contribution in [1.82, 2.24) is 10.3 Å². The highest BCUT2D eigenvalue weighted by Gasteiger charge is 2.15. The van der Waals surface area contributed by atoms with Crippen molar-refractivity contribution in [2.45, 2.75) is 32.2 Å². The van der Waals surface area contributed by atoms with Crippen LogP contribution in [-0.2, 0) is 19.4 Å². The van der Waals surface area contributed by atoms with Gasteiger partial charge in [-0.25, -0.2) is 4.79 Å². The Hall–Kier alpha value is -2.46. The highest BCUT2D eigenvalue weighted by atomic mass is 35.5. The number of hydrogen-bond acceptors (Lipinski definition) is 1. The van der Waals surface area contributed by atoms with Gasteiger partial charge in [-0.2, -0.15) is 0 Å². The third-order valence-electron chi connectivity index (χ3n) is 4.72. The van der Waals surface area contributed by atoms with Gasteiger partial charge in [0.05, 0.1) is 0 Å². The van der Waals surface area contributed by atoms with E-state index in [2.05, 4.69) is 33.8 Å². The zero-order valence-electron chi connectivity index (χ0n) is 13.9. The number of halogens is 1. The van der Waals surface area contributed by atoms with E-state index in [1.165, 1.54) is 35.0 Å². The predicted molar refractivity (Wildman–Crippen MR) is 102 cm³/mol. The molecule has 2 aromatic carbocycles. The number of rotatable bonds is 3. The van der Waals surface area contributed by atoms with Crippen molar-refractivity contribution in [2.75, 3.05) is 5.32 Å². The molecule has 0 saturated heterocycles. The molecule has 1 aliphatic rings. The number of nitrogens with one attached hydrogen (secondary N) is 3. The van der Waals surface area contributed by atoms with Gasteiger partial charge in [0.1, 0.15) is 0 Å². The molecule has 0 bridgehead atoms. The number of urea groups is 1. The van der Waals surface area contributed by atoms with Crippen molar-refractivity contribution in [3.8, 4) is 0 Å². The highest BCUT2D eigenvalue weighted by Crippen LogP contribution is 2.29. The van der Waals surface area contributed by atoms with Gasteiger partial charge in [-0.15, -0.1) is 0 Å². The Bertz CT molecular complexity index is 915. The number of aromatic amines is 1. The number of carbonyl (C=O) groups is 1. The number of aryl methyl sites for hydroxylation is 2. The van der Waals surface area contributed by atoms with Gasteiger partial charge in [-0.1, -0.05) is 17.7 Å². The van der Waals surface area contributed by atoms with Crippen LogP contribution in [0, 0.1) is 0 Å². The predicted octanol–water partition coefficient (Wildman–Crippen LogP) is 5.02. The van der Waals surface area contributed by atoms with Gasteiger partial charge in [0.15, 0.2) is 0 Å². The second kappa shape index (κ2) is 6.81. The van der Waals surface area contributed by atoms with Crippen LogP contribution >= 0.6 is 11.6 Å². The maximum Gasteiger partial charge on any atom is 0.319 e. The molecule has 5 heteroatoms. The van der Waals surface area contributed by atoms with Crippen molar-refractivity contribution in [3.63, 3.8) is 0 Å². The summed E-state index contributed by atoms with van der Waals surface area (Å²) >= 11 is 5.85. The van der Waals surface area contributed by atoms with Crippen LogP contribution in [0.2, 0.25) is 5.02 Å². The molecule has 4 nitrogen and oxygen atoms in total. The smallest absolute Gasteiger partial charge is 0.319 e. The maximum atomic E-state index is 12.1. The molecular weight excluding hydrogens is 334 g/mol. The number of benzene rings is 2. The van der Waals surface area contributed by atoms with E-state index in [4.69, 9.17) is 11.6 Å². The van der Waals surface area contributed by atoms with Crippen LogP contribution in [-0.4, -0.2) is 11.0 Å². The van der Waals surface area contributed by atoms with Crippen molar-refractivity contribution in [3.05, 3.63) is 64.3 Å². The SMILES string of the molecule is O=C(NCc1ccc2[nH]c3c(c2c1)CCCC3)Nc1ccc(Cl)cc1.